The van der Waals surface area contributed by atoms with Gasteiger partial charge in [-0.1, -0.05) is 39.5 Å². The van der Waals surface area contributed by atoms with E-state index in [0.29, 0.717) is 17.6 Å². The van der Waals surface area contributed by atoms with Gasteiger partial charge in [-0.25, -0.2) is 4.39 Å². The first-order chi connectivity index (χ1) is 11.1. The number of carbonyl (C=O) groups excluding carboxylic acids is 1. The molecule has 2 rings (SSSR count). The Morgan fingerprint density at radius 1 is 1.25 bits per heavy atom. The number of hydrogen-bond acceptors (Lipinski definition) is 2. The van der Waals surface area contributed by atoms with Crippen molar-refractivity contribution in [1.82, 2.24) is 0 Å². The van der Waals surface area contributed by atoms with E-state index in [1.807, 2.05) is 6.08 Å². The van der Waals surface area contributed by atoms with E-state index < -0.39 is 17.6 Å². The predicted octanol–water partition coefficient (Wildman–Crippen LogP) is 5.34. The Hall–Kier alpha value is -1.97. The lowest BCUT2D eigenvalue weighted by Gasteiger charge is -2.27. The van der Waals surface area contributed by atoms with E-state index in [0.717, 1.165) is 6.42 Å². The van der Waals surface area contributed by atoms with Gasteiger partial charge in [0.05, 0.1) is 7.11 Å². The topological polar surface area (TPSA) is 26.3 Å². The molecule has 130 valence electrons. The molecule has 1 atom stereocenters. The van der Waals surface area contributed by atoms with E-state index in [4.69, 9.17) is 4.74 Å². The van der Waals surface area contributed by atoms with E-state index in [1.165, 1.54) is 19.2 Å². The maximum Gasteiger partial charge on any atom is 0.200 e. The van der Waals surface area contributed by atoms with Crippen LogP contribution >= 0.6 is 0 Å². The summed E-state index contributed by atoms with van der Waals surface area (Å²) >= 11 is 0. The van der Waals surface area contributed by atoms with Crippen LogP contribution in [0.4, 0.5) is 8.78 Å². The second-order valence-electron chi connectivity index (χ2n) is 7.50. The second kappa shape index (κ2) is 6.88. The van der Waals surface area contributed by atoms with Crippen LogP contribution in [-0.4, -0.2) is 12.9 Å². The van der Waals surface area contributed by atoms with Crippen molar-refractivity contribution in [2.45, 2.75) is 46.0 Å². The molecule has 1 aliphatic rings. The lowest BCUT2D eigenvalue weighted by atomic mass is 9.77. The van der Waals surface area contributed by atoms with E-state index in [1.54, 1.807) is 0 Å². The third-order valence-electron chi connectivity index (χ3n) is 4.26. The molecule has 0 radical (unpaired) electrons. The molecule has 0 bridgehead atoms. The maximum absolute atomic E-state index is 14.3. The molecule has 1 unspecified atom stereocenters. The van der Waals surface area contributed by atoms with Crippen LogP contribution in [0.1, 0.15) is 51.5 Å². The van der Waals surface area contributed by atoms with Gasteiger partial charge in [0.15, 0.2) is 17.3 Å². The molecular weight excluding hydrogens is 310 g/mol. The van der Waals surface area contributed by atoms with Gasteiger partial charge in [-0.3, -0.25) is 4.79 Å². The second-order valence-corrected chi connectivity index (χ2v) is 7.50. The average molecular weight is 334 g/mol. The van der Waals surface area contributed by atoms with Crippen LogP contribution in [0.25, 0.3) is 0 Å². The summed E-state index contributed by atoms with van der Waals surface area (Å²) in [6.45, 7) is 10.3. The summed E-state index contributed by atoms with van der Waals surface area (Å²) in [5.74, 6) is -2.54. The molecule has 0 N–H and O–H groups in total. The lowest BCUT2D eigenvalue weighted by Crippen LogP contribution is -2.20. The summed E-state index contributed by atoms with van der Waals surface area (Å²) in [5, 5.41) is 0. The van der Waals surface area contributed by atoms with E-state index in [2.05, 4.69) is 27.4 Å². The van der Waals surface area contributed by atoms with Crippen molar-refractivity contribution in [2.24, 2.45) is 5.41 Å². The highest BCUT2D eigenvalue weighted by Gasteiger charge is 2.30. The standard InChI is InChI=1S/C20H24F2O2/c1-12-10-13(11-16(23)14(12)8-9-20(2,3)4)15-6-7-17(24-5)19(22)18(15)21/h6-8,13H,1,9-11H2,2-5H3/b14-8-. The van der Waals surface area contributed by atoms with Gasteiger partial charge in [0, 0.05) is 12.0 Å². The number of carbonyl (C=O) groups is 1. The van der Waals surface area contributed by atoms with Crippen molar-refractivity contribution in [2.75, 3.05) is 7.11 Å². The minimum atomic E-state index is -1.01. The largest absolute Gasteiger partial charge is 0.494 e. The zero-order valence-corrected chi connectivity index (χ0v) is 14.7. The number of rotatable bonds is 3. The number of halogens is 2. The van der Waals surface area contributed by atoms with Gasteiger partial charge in [-0.2, -0.15) is 4.39 Å². The summed E-state index contributed by atoms with van der Waals surface area (Å²) < 4.78 is 33.0. The van der Waals surface area contributed by atoms with E-state index in [-0.39, 0.29) is 28.9 Å². The number of methoxy groups -OCH3 is 1. The molecule has 2 nitrogen and oxygen atoms in total. The number of ether oxygens (including phenoxy) is 1. The van der Waals surface area contributed by atoms with Crippen LogP contribution in [0, 0.1) is 17.0 Å². The van der Waals surface area contributed by atoms with Crippen molar-refractivity contribution in [3.63, 3.8) is 0 Å². The molecule has 0 aliphatic heterocycles. The molecule has 1 aromatic carbocycles. The van der Waals surface area contributed by atoms with E-state index >= 15 is 0 Å². The normalized spacial score (nSPS) is 20.6. The van der Waals surface area contributed by atoms with Gasteiger partial charge >= 0.3 is 0 Å². The molecule has 1 fully saturated rings. The predicted molar refractivity (Wildman–Crippen MR) is 91.2 cm³/mol. The molecular formula is C20H24F2O2. The molecule has 1 aliphatic carbocycles. The van der Waals surface area contributed by atoms with Crippen molar-refractivity contribution >= 4 is 5.78 Å². The molecule has 1 aromatic rings. The van der Waals surface area contributed by atoms with Crippen LogP contribution in [0.15, 0.2) is 35.9 Å². The molecule has 0 amide bonds. The van der Waals surface area contributed by atoms with Crippen molar-refractivity contribution in [3.05, 3.63) is 53.1 Å². The molecule has 24 heavy (non-hydrogen) atoms. The van der Waals surface area contributed by atoms with Gasteiger partial charge in [-0.05, 0) is 41.4 Å². The Bertz CT molecular complexity index is 676. The summed E-state index contributed by atoms with van der Waals surface area (Å²) in [6, 6.07) is 2.89. The average Bonchev–Trinajstić information content (AvgIpc) is 2.47. The van der Waals surface area contributed by atoms with Crippen molar-refractivity contribution in [1.29, 1.82) is 0 Å². The Kier molecular flexibility index (Phi) is 5.26. The maximum atomic E-state index is 14.3. The first-order valence-electron chi connectivity index (χ1n) is 8.07. The minimum Gasteiger partial charge on any atom is -0.494 e. The zero-order chi connectivity index (χ0) is 18.1. The molecule has 0 aromatic heterocycles. The first-order valence-corrected chi connectivity index (χ1v) is 8.07. The summed E-state index contributed by atoms with van der Waals surface area (Å²) in [6.07, 6.45) is 3.30. The van der Waals surface area contributed by atoms with Crippen LogP contribution < -0.4 is 4.74 Å². The Morgan fingerprint density at radius 3 is 2.46 bits per heavy atom. The number of allylic oxidation sites excluding steroid dienone is 3. The smallest absolute Gasteiger partial charge is 0.200 e. The summed E-state index contributed by atoms with van der Waals surface area (Å²) in [7, 11) is 1.29. The van der Waals surface area contributed by atoms with Crippen molar-refractivity contribution in [3.8, 4) is 5.75 Å². The quantitative estimate of drug-likeness (QED) is 0.698. The Balaban J connectivity index is 2.25. The zero-order valence-electron chi connectivity index (χ0n) is 14.7. The number of hydrogen-bond donors (Lipinski definition) is 0. The third kappa shape index (κ3) is 3.92. The first kappa shape index (κ1) is 18.4. The highest BCUT2D eigenvalue weighted by molar-refractivity contribution is 6.01. The molecule has 4 heteroatoms. The number of ketones is 1. The van der Waals surface area contributed by atoms with Gasteiger partial charge in [0.1, 0.15) is 0 Å². The third-order valence-corrected chi connectivity index (χ3v) is 4.26. The van der Waals surface area contributed by atoms with Gasteiger partial charge in [0.2, 0.25) is 5.82 Å². The van der Waals surface area contributed by atoms with Gasteiger partial charge in [0.25, 0.3) is 0 Å². The van der Waals surface area contributed by atoms with Gasteiger partial charge in [-0.15, -0.1) is 0 Å². The lowest BCUT2D eigenvalue weighted by molar-refractivity contribution is -0.116. The SMILES string of the molecule is C=C1CC(c2ccc(OC)c(F)c2F)CC(=O)/C1=C\CC(C)(C)C. The molecule has 0 heterocycles. The minimum absolute atomic E-state index is 0.0591. The van der Waals surface area contributed by atoms with Gasteiger partial charge < -0.3 is 4.74 Å². The van der Waals surface area contributed by atoms with Crippen LogP contribution in [0.3, 0.4) is 0 Å². The van der Waals surface area contributed by atoms with E-state index in [9.17, 15) is 13.6 Å². The summed E-state index contributed by atoms with van der Waals surface area (Å²) in [5.41, 5.74) is 1.61. The molecule has 1 saturated carbocycles. The fourth-order valence-corrected chi connectivity index (χ4v) is 2.92. The molecule has 0 spiro atoms. The van der Waals surface area contributed by atoms with Crippen LogP contribution in [0.5, 0.6) is 5.75 Å². The fraction of sp³-hybridized carbons (Fsp3) is 0.450. The highest BCUT2D eigenvalue weighted by Crippen LogP contribution is 2.39. The van der Waals surface area contributed by atoms with Crippen LogP contribution in [-0.2, 0) is 4.79 Å². The Morgan fingerprint density at radius 2 is 1.92 bits per heavy atom. The van der Waals surface area contributed by atoms with Crippen molar-refractivity contribution < 1.29 is 18.3 Å². The Labute approximate surface area is 142 Å². The number of Topliss-reactive ketones (excluding diaryl/α,β-unsaturated/α-hetero) is 1. The van der Waals surface area contributed by atoms with Crippen LogP contribution in [0.2, 0.25) is 0 Å². The summed E-state index contributed by atoms with van der Waals surface area (Å²) in [4.78, 5) is 12.5. The monoisotopic (exact) mass is 334 g/mol. The number of benzene rings is 1. The molecule has 0 saturated heterocycles. The fourth-order valence-electron chi connectivity index (χ4n) is 2.92. The highest BCUT2D eigenvalue weighted by atomic mass is 19.2.